The van der Waals surface area contributed by atoms with E-state index in [0.717, 1.165) is 5.56 Å². The Hall–Kier alpha value is -2.73. The van der Waals surface area contributed by atoms with Crippen molar-refractivity contribution in [2.24, 2.45) is 5.11 Å². The summed E-state index contributed by atoms with van der Waals surface area (Å²) >= 11 is 0. The number of ether oxygens (including phenoxy) is 1. The molecule has 2 N–H and O–H groups in total. The van der Waals surface area contributed by atoms with Crippen molar-refractivity contribution in [2.75, 3.05) is 6.54 Å². The normalized spacial score (nSPS) is 11.1. The number of nitrogens with one attached hydrogen (secondary N) is 1. The van der Waals surface area contributed by atoms with Crippen LogP contribution in [0.2, 0.25) is 0 Å². The van der Waals surface area contributed by atoms with Crippen LogP contribution < -0.4 is 5.32 Å². The van der Waals surface area contributed by atoms with Gasteiger partial charge in [-0.15, -0.1) is 0 Å². The van der Waals surface area contributed by atoms with Crippen LogP contribution in [0.15, 0.2) is 35.4 Å². The molecule has 1 aromatic carbocycles. The highest BCUT2D eigenvalue weighted by molar-refractivity contribution is 5.73. The Kier molecular flexibility index (Phi) is 7.92. The SMILES string of the molecule is [N-]=[N+]=N[C@@H](CCCCNC(=O)OCc1ccccc1)C(=O)O. The van der Waals surface area contributed by atoms with Crippen molar-refractivity contribution in [3.63, 3.8) is 0 Å². The summed E-state index contributed by atoms with van der Waals surface area (Å²) in [5.41, 5.74) is 9.13. The molecule has 0 saturated carbocycles. The van der Waals surface area contributed by atoms with Crippen LogP contribution in [0, 0.1) is 0 Å². The molecule has 118 valence electrons. The summed E-state index contributed by atoms with van der Waals surface area (Å²) < 4.78 is 5.02. The summed E-state index contributed by atoms with van der Waals surface area (Å²) in [5, 5.41) is 14.5. The Morgan fingerprint density at radius 3 is 2.68 bits per heavy atom. The second-order valence-electron chi connectivity index (χ2n) is 4.54. The quantitative estimate of drug-likeness (QED) is 0.315. The number of hydrogen-bond acceptors (Lipinski definition) is 4. The van der Waals surface area contributed by atoms with Gasteiger partial charge in [-0.1, -0.05) is 41.9 Å². The Labute approximate surface area is 127 Å². The van der Waals surface area contributed by atoms with Crippen LogP contribution in [-0.4, -0.2) is 29.8 Å². The number of unbranched alkanes of at least 4 members (excludes halogenated alkanes) is 1. The number of benzene rings is 1. The van der Waals surface area contributed by atoms with E-state index in [1.165, 1.54) is 0 Å². The third kappa shape index (κ3) is 7.16. The molecule has 0 aliphatic heterocycles. The van der Waals surface area contributed by atoms with Gasteiger partial charge >= 0.3 is 12.1 Å². The summed E-state index contributed by atoms with van der Waals surface area (Å²) in [7, 11) is 0. The van der Waals surface area contributed by atoms with Gasteiger partial charge in [0.05, 0.1) is 0 Å². The second-order valence-corrected chi connectivity index (χ2v) is 4.54. The van der Waals surface area contributed by atoms with Gasteiger partial charge in [-0.3, -0.25) is 4.79 Å². The zero-order chi connectivity index (χ0) is 16.2. The van der Waals surface area contributed by atoms with Crippen molar-refractivity contribution in [1.29, 1.82) is 0 Å². The molecule has 0 radical (unpaired) electrons. The minimum atomic E-state index is -1.15. The summed E-state index contributed by atoms with van der Waals surface area (Å²) in [5.74, 6) is -1.15. The summed E-state index contributed by atoms with van der Waals surface area (Å²) in [6.45, 7) is 0.570. The molecule has 0 aliphatic carbocycles. The molecule has 1 amide bonds. The van der Waals surface area contributed by atoms with Crippen molar-refractivity contribution in [2.45, 2.75) is 31.9 Å². The van der Waals surface area contributed by atoms with Crippen molar-refractivity contribution in [1.82, 2.24) is 5.32 Å². The minimum Gasteiger partial charge on any atom is -0.481 e. The summed E-state index contributed by atoms with van der Waals surface area (Å²) in [6, 6.07) is 8.25. The highest BCUT2D eigenvalue weighted by Crippen LogP contribution is 2.05. The van der Waals surface area contributed by atoms with Crippen molar-refractivity contribution < 1.29 is 19.4 Å². The Bertz CT molecular complexity index is 527. The Balaban J connectivity index is 2.12. The van der Waals surface area contributed by atoms with E-state index in [9.17, 15) is 9.59 Å². The molecule has 0 aliphatic rings. The molecular weight excluding hydrogens is 288 g/mol. The van der Waals surface area contributed by atoms with Crippen LogP contribution in [0.1, 0.15) is 24.8 Å². The highest BCUT2D eigenvalue weighted by Gasteiger charge is 2.14. The zero-order valence-corrected chi connectivity index (χ0v) is 12.0. The Morgan fingerprint density at radius 2 is 2.05 bits per heavy atom. The number of hydrogen-bond donors (Lipinski definition) is 2. The van der Waals surface area contributed by atoms with Crippen LogP contribution in [0.5, 0.6) is 0 Å². The fraction of sp³-hybridized carbons (Fsp3) is 0.429. The zero-order valence-electron chi connectivity index (χ0n) is 12.0. The largest absolute Gasteiger partial charge is 0.481 e. The maximum Gasteiger partial charge on any atom is 0.407 e. The second kappa shape index (κ2) is 10.1. The molecule has 0 heterocycles. The molecule has 0 unspecified atom stereocenters. The number of carboxylic acids is 1. The number of amides is 1. The first-order chi connectivity index (χ1) is 10.6. The van der Waals surface area contributed by atoms with E-state index in [1.54, 1.807) is 0 Å². The molecule has 1 aromatic rings. The monoisotopic (exact) mass is 306 g/mol. The van der Waals surface area contributed by atoms with Gasteiger partial charge in [-0.2, -0.15) is 0 Å². The van der Waals surface area contributed by atoms with E-state index in [1.807, 2.05) is 30.3 Å². The van der Waals surface area contributed by atoms with Gasteiger partial charge in [0, 0.05) is 11.5 Å². The van der Waals surface area contributed by atoms with Crippen LogP contribution in [0.4, 0.5) is 4.79 Å². The fourth-order valence-electron chi connectivity index (χ4n) is 1.72. The van der Waals surface area contributed by atoms with E-state index >= 15 is 0 Å². The van der Waals surface area contributed by atoms with Crippen molar-refractivity contribution in [3.8, 4) is 0 Å². The van der Waals surface area contributed by atoms with E-state index in [4.69, 9.17) is 15.4 Å². The van der Waals surface area contributed by atoms with Gasteiger partial charge in [0.25, 0.3) is 0 Å². The van der Waals surface area contributed by atoms with Gasteiger partial charge in [0.1, 0.15) is 12.6 Å². The third-order valence-corrected chi connectivity index (χ3v) is 2.86. The molecular formula is C14H18N4O4. The molecule has 22 heavy (non-hydrogen) atoms. The minimum absolute atomic E-state index is 0.199. The fourth-order valence-corrected chi connectivity index (χ4v) is 1.72. The lowest BCUT2D eigenvalue weighted by Gasteiger charge is -2.08. The molecule has 1 rings (SSSR count). The highest BCUT2D eigenvalue weighted by atomic mass is 16.5. The van der Waals surface area contributed by atoms with Gasteiger partial charge in [-0.25, -0.2) is 4.79 Å². The maximum absolute atomic E-state index is 11.4. The first kappa shape index (κ1) is 17.3. The summed E-state index contributed by atoms with van der Waals surface area (Å²) in [4.78, 5) is 24.6. The molecule has 0 fully saturated rings. The lowest BCUT2D eigenvalue weighted by atomic mass is 10.1. The maximum atomic E-state index is 11.4. The lowest BCUT2D eigenvalue weighted by molar-refractivity contribution is -0.138. The molecule has 8 nitrogen and oxygen atoms in total. The standard InChI is InChI=1S/C14H18N4O4/c15-18-17-12(13(19)20)8-4-5-9-16-14(21)22-10-11-6-2-1-3-7-11/h1-3,6-7,12H,4-5,8-10H2,(H,16,21)(H,19,20)/t12-/m0/s1. The predicted molar refractivity (Wildman–Crippen MR) is 79.1 cm³/mol. The topological polar surface area (TPSA) is 124 Å². The summed E-state index contributed by atoms with van der Waals surface area (Å²) in [6.07, 6.45) is 0.814. The number of nitrogens with zero attached hydrogens (tertiary/aromatic N) is 3. The smallest absolute Gasteiger partial charge is 0.407 e. The number of carboxylic acid groups (broad SMARTS) is 1. The van der Waals surface area contributed by atoms with Gasteiger partial charge in [0.2, 0.25) is 0 Å². The number of carbonyl (C=O) groups is 2. The van der Waals surface area contributed by atoms with E-state index < -0.39 is 18.1 Å². The number of alkyl carbamates (subject to hydrolysis) is 1. The molecule has 1 atom stereocenters. The van der Waals surface area contributed by atoms with Crippen molar-refractivity contribution in [3.05, 3.63) is 46.3 Å². The van der Waals surface area contributed by atoms with E-state index in [-0.39, 0.29) is 13.0 Å². The predicted octanol–water partition coefficient (Wildman–Crippen LogP) is 2.85. The average molecular weight is 306 g/mol. The third-order valence-electron chi connectivity index (χ3n) is 2.86. The van der Waals surface area contributed by atoms with Crippen LogP contribution in [-0.2, 0) is 16.1 Å². The van der Waals surface area contributed by atoms with Gasteiger partial charge < -0.3 is 15.2 Å². The first-order valence-corrected chi connectivity index (χ1v) is 6.85. The van der Waals surface area contributed by atoms with Crippen molar-refractivity contribution >= 4 is 12.1 Å². The Morgan fingerprint density at radius 1 is 1.32 bits per heavy atom. The molecule has 0 aromatic heterocycles. The first-order valence-electron chi connectivity index (χ1n) is 6.85. The van der Waals surface area contributed by atoms with E-state index in [0.29, 0.717) is 19.4 Å². The number of azide groups is 1. The molecule has 8 heteroatoms. The lowest BCUT2D eigenvalue weighted by Crippen LogP contribution is -2.25. The van der Waals surface area contributed by atoms with Crippen LogP contribution in [0.3, 0.4) is 0 Å². The number of carbonyl (C=O) groups excluding carboxylic acids is 1. The van der Waals surface area contributed by atoms with E-state index in [2.05, 4.69) is 15.3 Å². The molecule has 0 saturated heterocycles. The van der Waals surface area contributed by atoms with Gasteiger partial charge in [-0.05, 0) is 23.9 Å². The molecule has 0 spiro atoms. The number of aliphatic carboxylic acids is 1. The molecule has 0 bridgehead atoms. The van der Waals surface area contributed by atoms with Gasteiger partial charge in [0.15, 0.2) is 0 Å². The van der Waals surface area contributed by atoms with Crippen LogP contribution >= 0.6 is 0 Å². The number of rotatable bonds is 9. The van der Waals surface area contributed by atoms with Crippen LogP contribution in [0.25, 0.3) is 10.4 Å². The average Bonchev–Trinajstić information content (AvgIpc) is 2.52.